The molecule has 2 aliphatic rings. The zero-order valence-corrected chi connectivity index (χ0v) is 7.86. The molecule has 0 unspecified atom stereocenters. The van der Waals surface area contributed by atoms with Crippen LogP contribution >= 0.6 is 0 Å². The second-order valence-corrected chi connectivity index (χ2v) is 4.03. The molecule has 4 heteroatoms. The van der Waals surface area contributed by atoms with Crippen LogP contribution < -0.4 is 5.32 Å². The number of nitrogens with zero attached hydrogens (tertiary/aromatic N) is 1. The van der Waals surface area contributed by atoms with Crippen molar-refractivity contribution in [3.8, 4) is 0 Å². The molecule has 0 aromatic rings. The Morgan fingerprint density at radius 2 is 1.92 bits per heavy atom. The lowest BCUT2D eigenvalue weighted by Gasteiger charge is -2.36. The Labute approximate surface area is 77.9 Å². The highest BCUT2D eigenvalue weighted by Gasteiger charge is 2.42. The van der Waals surface area contributed by atoms with Gasteiger partial charge in [-0.1, -0.05) is 0 Å². The van der Waals surface area contributed by atoms with Gasteiger partial charge in [-0.15, -0.1) is 0 Å². The molecular weight excluding hydrogens is 168 g/mol. The first-order chi connectivity index (χ1) is 6.22. The van der Waals surface area contributed by atoms with Gasteiger partial charge in [-0.25, -0.2) is 4.79 Å². The summed E-state index contributed by atoms with van der Waals surface area (Å²) in [6, 6.07) is 1.07. The average Bonchev–Trinajstić information content (AvgIpc) is 2.37. The summed E-state index contributed by atoms with van der Waals surface area (Å²) in [7, 11) is 1.96. The van der Waals surface area contributed by atoms with Crippen LogP contribution in [0.4, 0.5) is 4.79 Å². The minimum absolute atomic E-state index is 0.272. The molecule has 2 bridgehead atoms. The van der Waals surface area contributed by atoms with Crippen molar-refractivity contribution in [1.82, 2.24) is 10.2 Å². The van der Waals surface area contributed by atoms with Crippen LogP contribution in [0.25, 0.3) is 0 Å². The predicted octanol–water partition coefficient (Wildman–Crippen LogP) is 0.879. The fourth-order valence-electron chi connectivity index (χ4n) is 2.73. The first kappa shape index (κ1) is 8.81. The molecule has 1 amide bonds. The topological polar surface area (TPSA) is 52.6 Å². The van der Waals surface area contributed by atoms with E-state index in [1.807, 2.05) is 7.05 Å². The Kier molecular flexibility index (Phi) is 2.15. The zero-order valence-electron chi connectivity index (χ0n) is 7.86. The first-order valence-electron chi connectivity index (χ1n) is 4.91. The molecule has 2 N–H and O–H groups in total. The summed E-state index contributed by atoms with van der Waals surface area (Å²) in [4.78, 5) is 12.6. The van der Waals surface area contributed by atoms with Crippen molar-refractivity contribution in [3.05, 3.63) is 0 Å². The van der Waals surface area contributed by atoms with Gasteiger partial charge in [0.2, 0.25) is 0 Å². The van der Waals surface area contributed by atoms with Gasteiger partial charge in [-0.3, -0.25) is 0 Å². The molecule has 4 nitrogen and oxygen atoms in total. The van der Waals surface area contributed by atoms with Crippen LogP contribution in [0, 0.1) is 0 Å². The molecule has 0 spiro atoms. The zero-order chi connectivity index (χ0) is 9.42. The third-order valence-electron chi connectivity index (χ3n) is 3.36. The smallest absolute Gasteiger partial charge is 0.407 e. The van der Waals surface area contributed by atoms with Gasteiger partial charge in [0, 0.05) is 18.1 Å². The summed E-state index contributed by atoms with van der Waals surface area (Å²) in [5, 5.41) is 12.2. The van der Waals surface area contributed by atoms with Crippen LogP contribution in [0.5, 0.6) is 0 Å². The molecule has 0 aromatic heterocycles. The van der Waals surface area contributed by atoms with E-state index < -0.39 is 6.09 Å². The number of piperidine rings is 1. The molecule has 2 fully saturated rings. The number of hydrogen-bond acceptors (Lipinski definition) is 2. The molecule has 2 aliphatic heterocycles. The predicted molar refractivity (Wildman–Crippen MR) is 48.8 cm³/mol. The summed E-state index contributed by atoms with van der Waals surface area (Å²) in [6.45, 7) is 0. The van der Waals surface area contributed by atoms with E-state index in [1.54, 1.807) is 4.90 Å². The number of carboxylic acid groups (broad SMARTS) is 1. The van der Waals surface area contributed by atoms with Crippen molar-refractivity contribution < 1.29 is 9.90 Å². The highest BCUT2D eigenvalue weighted by Crippen LogP contribution is 2.35. The summed E-state index contributed by atoms with van der Waals surface area (Å²) < 4.78 is 0. The van der Waals surface area contributed by atoms with Crippen molar-refractivity contribution >= 4 is 6.09 Å². The average molecular weight is 184 g/mol. The fraction of sp³-hybridized carbons (Fsp3) is 0.889. The van der Waals surface area contributed by atoms with E-state index in [4.69, 9.17) is 5.11 Å². The van der Waals surface area contributed by atoms with Gasteiger partial charge < -0.3 is 15.3 Å². The monoisotopic (exact) mass is 184 g/mol. The van der Waals surface area contributed by atoms with Gasteiger partial charge in [0.1, 0.15) is 0 Å². The van der Waals surface area contributed by atoms with Crippen LogP contribution in [0.3, 0.4) is 0 Å². The van der Waals surface area contributed by atoms with Crippen LogP contribution in [-0.2, 0) is 0 Å². The van der Waals surface area contributed by atoms with E-state index in [9.17, 15) is 4.79 Å². The Morgan fingerprint density at radius 3 is 2.31 bits per heavy atom. The van der Waals surface area contributed by atoms with Gasteiger partial charge in [-0.05, 0) is 32.7 Å². The maximum atomic E-state index is 10.9. The third-order valence-corrected chi connectivity index (χ3v) is 3.36. The van der Waals surface area contributed by atoms with E-state index in [0.717, 1.165) is 25.7 Å². The molecule has 3 atom stereocenters. The molecule has 0 aromatic carbocycles. The van der Waals surface area contributed by atoms with E-state index in [-0.39, 0.29) is 12.1 Å². The van der Waals surface area contributed by atoms with Gasteiger partial charge >= 0.3 is 6.09 Å². The number of carbonyl (C=O) groups is 1. The number of nitrogens with one attached hydrogen (secondary N) is 1. The molecule has 0 radical (unpaired) electrons. The molecule has 0 aliphatic carbocycles. The van der Waals surface area contributed by atoms with Crippen LogP contribution in [-0.4, -0.2) is 41.3 Å². The van der Waals surface area contributed by atoms with Crippen molar-refractivity contribution in [2.75, 3.05) is 7.05 Å². The van der Waals surface area contributed by atoms with Crippen molar-refractivity contribution in [3.63, 3.8) is 0 Å². The molecule has 74 valence electrons. The fourth-order valence-corrected chi connectivity index (χ4v) is 2.73. The SMILES string of the molecule is CN[C@H]1C[C@H]2CC[C@@H](C1)N2C(=O)O. The minimum atomic E-state index is -0.734. The van der Waals surface area contributed by atoms with Crippen LogP contribution in [0.1, 0.15) is 25.7 Å². The summed E-state index contributed by atoms with van der Waals surface area (Å²) in [6.07, 6.45) is 3.34. The molecule has 2 heterocycles. The largest absolute Gasteiger partial charge is 0.465 e. The summed E-state index contributed by atoms with van der Waals surface area (Å²) in [5.74, 6) is 0. The standard InChI is InChI=1S/C9H16N2O2/c1-10-6-4-7-2-3-8(5-6)11(7)9(12)13/h6-8,10H,2-5H2,1H3,(H,12,13)/t6-,7+,8-. The second-order valence-electron chi connectivity index (χ2n) is 4.03. The van der Waals surface area contributed by atoms with Crippen molar-refractivity contribution in [1.29, 1.82) is 0 Å². The Morgan fingerprint density at radius 1 is 1.38 bits per heavy atom. The van der Waals surface area contributed by atoms with Crippen molar-refractivity contribution in [2.45, 2.75) is 43.8 Å². The molecule has 0 saturated carbocycles. The van der Waals surface area contributed by atoms with Crippen LogP contribution in [0.15, 0.2) is 0 Å². The normalized spacial score (nSPS) is 37.9. The van der Waals surface area contributed by atoms with E-state index in [1.165, 1.54) is 0 Å². The lowest BCUT2D eigenvalue weighted by Crippen LogP contribution is -2.50. The maximum absolute atomic E-state index is 10.9. The number of rotatable bonds is 1. The second kappa shape index (κ2) is 3.18. The number of amides is 1. The summed E-state index contributed by atoms with van der Waals surface area (Å²) >= 11 is 0. The number of fused-ring (bicyclic) bond motifs is 2. The third kappa shape index (κ3) is 1.39. The maximum Gasteiger partial charge on any atom is 0.407 e. The molecule has 2 saturated heterocycles. The molecule has 13 heavy (non-hydrogen) atoms. The van der Waals surface area contributed by atoms with Gasteiger partial charge in [0.05, 0.1) is 0 Å². The molecule has 2 rings (SSSR count). The van der Waals surface area contributed by atoms with Gasteiger partial charge in [-0.2, -0.15) is 0 Å². The van der Waals surface area contributed by atoms with Gasteiger partial charge in [0.15, 0.2) is 0 Å². The van der Waals surface area contributed by atoms with Gasteiger partial charge in [0.25, 0.3) is 0 Å². The summed E-state index contributed by atoms with van der Waals surface area (Å²) in [5.41, 5.74) is 0. The highest BCUT2D eigenvalue weighted by atomic mass is 16.4. The molecular formula is C9H16N2O2. The quantitative estimate of drug-likeness (QED) is 0.636. The van der Waals surface area contributed by atoms with E-state index >= 15 is 0 Å². The lowest BCUT2D eigenvalue weighted by molar-refractivity contribution is 0.0933. The van der Waals surface area contributed by atoms with Crippen LogP contribution in [0.2, 0.25) is 0 Å². The van der Waals surface area contributed by atoms with E-state index in [2.05, 4.69) is 5.32 Å². The Hall–Kier alpha value is -0.770. The van der Waals surface area contributed by atoms with E-state index in [0.29, 0.717) is 6.04 Å². The minimum Gasteiger partial charge on any atom is -0.465 e. The number of hydrogen-bond donors (Lipinski definition) is 2. The van der Waals surface area contributed by atoms with Crippen molar-refractivity contribution in [2.24, 2.45) is 0 Å². The first-order valence-corrected chi connectivity index (χ1v) is 4.91. The Balaban J connectivity index is 2.08. The Bertz CT molecular complexity index is 206. The lowest BCUT2D eigenvalue weighted by atomic mass is 9.98. The highest BCUT2D eigenvalue weighted by molar-refractivity contribution is 5.66.